The molecule has 0 fully saturated rings. The van der Waals surface area contributed by atoms with E-state index in [1.807, 2.05) is 0 Å². The monoisotopic (exact) mass is 281 g/mol. The fourth-order valence-electron chi connectivity index (χ4n) is 2.56. The zero-order chi connectivity index (χ0) is 13.7. The lowest BCUT2D eigenvalue weighted by molar-refractivity contribution is -0.107. The van der Waals surface area contributed by atoms with Crippen LogP contribution >= 0.6 is 11.6 Å². The van der Waals surface area contributed by atoms with Gasteiger partial charge in [-0.2, -0.15) is 0 Å². The minimum atomic E-state index is 0.350. The molecule has 0 amide bonds. The van der Waals surface area contributed by atoms with E-state index >= 15 is 0 Å². The maximum Gasteiger partial charge on any atom is 0.224 e. The molecule has 0 spiro atoms. The molecule has 4 nitrogen and oxygen atoms in total. The van der Waals surface area contributed by atoms with Crippen molar-refractivity contribution in [3.05, 3.63) is 16.5 Å². The number of halogens is 1. The molecule has 0 unspecified atom stereocenters. The summed E-state index contributed by atoms with van der Waals surface area (Å²) in [6, 6.07) is 0. The molecule has 0 atom stereocenters. The first kappa shape index (κ1) is 14.3. The first-order chi connectivity index (χ1) is 9.22. The molecule has 0 saturated heterocycles. The van der Waals surface area contributed by atoms with Gasteiger partial charge in [-0.25, -0.2) is 9.97 Å². The second-order valence-electron chi connectivity index (χ2n) is 5.03. The predicted molar refractivity (Wildman–Crippen MR) is 76.9 cm³/mol. The van der Waals surface area contributed by atoms with E-state index in [1.165, 1.54) is 5.56 Å². The van der Waals surface area contributed by atoms with Crippen LogP contribution in [0.5, 0.6) is 0 Å². The van der Waals surface area contributed by atoms with Crippen LogP contribution < -0.4 is 4.90 Å². The van der Waals surface area contributed by atoms with E-state index in [0.717, 1.165) is 62.9 Å². The van der Waals surface area contributed by atoms with E-state index in [2.05, 4.69) is 21.9 Å². The molecule has 19 heavy (non-hydrogen) atoms. The Morgan fingerprint density at radius 3 is 2.89 bits per heavy atom. The van der Waals surface area contributed by atoms with Gasteiger partial charge in [0.1, 0.15) is 12.1 Å². The number of aryl methyl sites for hydroxylation is 1. The lowest BCUT2D eigenvalue weighted by Crippen LogP contribution is -2.21. The molecule has 1 aromatic heterocycles. The van der Waals surface area contributed by atoms with Gasteiger partial charge in [-0.3, -0.25) is 0 Å². The van der Waals surface area contributed by atoms with Crippen LogP contribution in [0.2, 0.25) is 5.28 Å². The van der Waals surface area contributed by atoms with Crippen molar-refractivity contribution in [2.45, 2.75) is 44.9 Å². The lowest BCUT2D eigenvalue weighted by atomic mass is 10.2. The predicted octanol–water partition coefficient (Wildman–Crippen LogP) is 2.81. The third-order valence-electron chi connectivity index (χ3n) is 3.56. The smallest absolute Gasteiger partial charge is 0.224 e. The molecule has 1 aliphatic rings. The first-order valence-corrected chi connectivity index (χ1v) is 7.30. The second-order valence-corrected chi connectivity index (χ2v) is 5.37. The molecular weight excluding hydrogens is 262 g/mol. The van der Waals surface area contributed by atoms with E-state index in [4.69, 9.17) is 11.6 Å². The van der Waals surface area contributed by atoms with E-state index in [-0.39, 0.29) is 0 Å². The van der Waals surface area contributed by atoms with Crippen molar-refractivity contribution in [2.24, 2.45) is 0 Å². The quantitative estimate of drug-likeness (QED) is 0.438. The Hall–Kier alpha value is -1.16. The highest BCUT2D eigenvalue weighted by Gasteiger charge is 2.20. The third-order valence-corrected chi connectivity index (χ3v) is 3.73. The summed E-state index contributed by atoms with van der Waals surface area (Å²) in [4.78, 5) is 21.1. The Morgan fingerprint density at radius 1 is 1.26 bits per heavy atom. The maximum atomic E-state index is 10.2. The van der Waals surface area contributed by atoms with Gasteiger partial charge in [0.15, 0.2) is 0 Å². The molecule has 0 bridgehead atoms. The summed E-state index contributed by atoms with van der Waals surface area (Å²) in [5.74, 6) is 0.989. The van der Waals surface area contributed by atoms with Crippen LogP contribution in [0, 0.1) is 0 Å². The van der Waals surface area contributed by atoms with Crippen LogP contribution in [-0.4, -0.2) is 29.8 Å². The van der Waals surface area contributed by atoms with Crippen molar-refractivity contribution in [3.63, 3.8) is 0 Å². The molecule has 1 heterocycles. The zero-order valence-electron chi connectivity index (χ0n) is 11.4. The Kier molecular flexibility index (Phi) is 5.14. The molecule has 0 aliphatic heterocycles. The number of unbranched alkanes of at least 4 members (excludes halogenated alkanes) is 3. The minimum Gasteiger partial charge on any atom is -0.359 e. The molecule has 0 aromatic carbocycles. The molecular formula is C14H20ClN3O. The van der Waals surface area contributed by atoms with Gasteiger partial charge in [-0.1, -0.05) is 6.42 Å². The summed E-state index contributed by atoms with van der Waals surface area (Å²) in [5.41, 5.74) is 2.38. The molecule has 1 aliphatic carbocycles. The standard InChI is InChI=1S/C14H20ClN3O/c1-18(9-4-2-3-5-10-19)13-11-7-6-8-12(11)16-14(15)17-13/h10H,2-9H2,1H3. The third kappa shape index (κ3) is 3.66. The Bertz CT molecular complexity index is 451. The summed E-state index contributed by atoms with van der Waals surface area (Å²) in [6.45, 7) is 0.943. The van der Waals surface area contributed by atoms with Crippen LogP contribution in [0.3, 0.4) is 0 Å². The number of nitrogens with zero attached hydrogens (tertiary/aromatic N) is 3. The molecule has 0 N–H and O–H groups in total. The van der Waals surface area contributed by atoms with Gasteiger partial charge >= 0.3 is 0 Å². The summed E-state index contributed by atoms with van der Waals surface area (Å²) in [7, 11) is 2.05. The second kappa shape index (κ2) is 6.85. The van der Waals surface area contributed by atoms with Crippen LogP contribution in [0.4, 0.5) is 5.82 Å². The number of hydrogen-bond acceptors (Lipinski definition) is 4. The van der Waals surface area contributed by atoms with Crippen molar-refractivity contribution in [2.75, 3.05) is 18.5 Å². The summed E-state index contributed by atoms with van der Waals surface area (Å²) in [6.07, 6.45) is 7.98. The van der Waals surface area contributed by atoms with E-state index in [1.54, 1.807) is 0 Å². The van der Waals surface area contributed by atoms with E-state index in [9.17, 15) is 4.79 Å². The molecule has 1 aromatic rings. The SMILES string of the molecule is CN(CCCCCC=O)c1nc(Cl)nc2c1CCC2. The van der Waals surface area contributed by atoms with Gasteiger partial charge in [-0.15, -0.1) is 0 Å². The normalized spacial score (nSPS) is 13.4. The van der Waals surface area contributed by atoms with Crippen LogP contribution in [0.25, 0.3) is 0 Å². The molecule has 2 rings (SSSR count). The number of rotatable bonds is 7. The van der Waals surface area contributed by atoms with Crippen molar-refractivity contribution < 1.29 is 4.79 Å². The lowest BCUT2D eigenvalue weighted by Gasteiger charge is -2.20. The number of aldehydes is 1. The maximum absolute atomic E-state index is 10.2. The first-order valence-electron chi connectivity index (χ1n) is 6.92. The fourth-order valence-corrected chi connectivity index (χ4v) is 2.74. The summed E-state index contributed by atoms with van der Waals surface area (Å²) in [5, 5.41) is 0.350. The van der Waals surface area contributed by atoms with Crippen molar-refractivity contribution in [3.8, 4) is 0 Å². The largest absolute Gasteiger partial charge is 0.359 e. The van der Waals surface area contributed by atoms with Crippen molar-refractivity contribution >= 4 is 23.7 Å². The Morgan fingerprint density at radius 2 is 2.11 bits per heavy atom. The average Bonchev–Trinajstić information content (AvgIpc) is 2.85. The van der Waals surface area contributed by atoms with Crippen molar-refractivity contribution in [1.29, 1.82) is 0 Å². The number of fused-ring (bicyclic) bond motifs is 1. The highest BCUT2D eigenvalue weighted by atomic mass is 35.5. The molecule has 5 heteroatoms. The molecule has 104 valence electrons. The van der Waals surface area contributed by atoms with Crippen LogP contribution in [0.15, 0.2) is 0 Å². The van der Waals surface area contributed by atoms with Gasteiger partial charge < -0.3 is 9.69 Å². The number of carbonyl (C=O) groups is 1. The van der Waals surface area contributed by atoms with Gasteiger partial charge in [0, 0.05) is 25.6 Å². The zero-order valence-corrected chi connectivity index (χ0v) is 12.1. The topological polar surface area (TPSA) is 46.1 Å². The van der Waals surface area contributed by atoms with Crippen molar-refractivity contribution in [1.82, 2.24) is 9.97 Å². The van der Waals surface area contributed by atoms with Gasteiger partial charge in [0.25, 0.3) is 0 Å². The average molecular weight is 282 g/mol. The van der Waals surface area contributed by atoms with Gasteiger partial charge in [0.05, 0.1) is 5.69 Å². The Balaban J connectivity index is 1.95. The van der Waals surface area contributed by atoms with Crippen LogP contribution in [0.1, 0.15) is 43.4 Å². The molecule has 0 saturated carbocycles. The molecule has 0 radical (unpaired) electrons. The van der Waals surface area contributed by atoms with Crippen LogP contribution in [-0.2, 0) is 17.6 Å². The highest BCUT2D eigenvalue weighted by molar-refractivity contribution is 6.28. The fraction of sp³-hybridized carbons (Fsp3) is 0.643. The Labute approximate surface area is 119 Å². The summed E-state index contributed by atoms with van der Waals surface area (Å²) < 4.78 is 0. The number of carbonyl (C=O) groups excluding carboxylic acids is 1. The van der Waals surface area contributed by atoms with E-state index < -0.39 is 0 Å². The van der Waals surface area contributed by atoms with Gasteiger partial charge in [0.2, 0.25) is 5.28 Å². The summed E-state index contributed by atoms with van der Waals surface area (Å²) >= 11 is 5.99. The minimum absolute atomic E-state index is 0.350. The van der Waals surface area contributed by atoms with Gasteiger partial charge in [-0.05, 0) is 43.7 Å². The number of hydrogen-bond donors (Lipinski definition) is 0. The number of aromatic nitrogens is 2. The number of anilines is 1. The van der Waals surface area contributed by atoms with E-state index in [0.29, 0.717) is 11.7 Å². The highest BCUT2D eigenvalue weighted by Crippen LogP contribution is 2.29.